The molecule has 0 aliphatic heterocycles. The van der Waals surface area contributed by atoms with E-state index in [0.717, 1.165) is 11.3 Å². The number of benzene rings is 1. The van der Waals surface area contributed by atoms with Gasteiger partial charge in [-0.3, -0.25) is 0 Å². The number of primary sulfonamides is 1. The van der Waals surface area contributed by atoms with E-state index >= 15 is 0 Å². The summed E-state index contributed by atoms with van der Waals surface area (Å²) >= 11 is 0. The highest BCUT2D eigenvalue weighted by Gasteiger charge is 2.07. The van der Waals surface area contributed by atoms with E-state index in [4.69, 9.17) is 9.88 Å². The van der Waals surface area contributed by atoms with Crippen LogP contribution >= 0.6 is 0 Å². The van der Waals surface area contributed by atoms with Gasteiger partial charge in [0.1, 0.15) is 5.75 Å². The van der Waals surface area contributed by atoms with Crippen LogP contribution in [0.3, 0.4) is 0 Å². The van der Waals surface area contributed by atoms with Crippen LogP contribution < -0.4 is 15.2 Å². The molecule has 0 saturated heterocycles. The van der Waals surface area contributed by atoms with Crippen molar-refractivity contribution < 1.29 is 13.2 Å². The Balaban J connectivity index is 2.49. The van der Waals surface area contributed by atoms with Crippen molar-refractivity contribution in [2.45, 2.75) is 13.0 Å². The molecule has 1 unspecified atom stereocenters. The molecule has 0 bridgehead atoms. The van der Waals surface area contributed by atoms with E-state index in [2.05, 4.69) is 5.32 Å². The molecule has 17 heavy (non-hydrogen) atoms. The summed E-state index contributed by atoms with van der Waals surface area (Å²) in [6.45, 7) is 2.30. The third-order valence-corrected chi connectivity index (χ3v) is 3.23. The van der Waals surface area contributed by atoms with Crippen LogP contribution in [0, 0.1) is 0 Å². The second-order valence-electron chi connectivity index (χ2n) is 3.82. The Morgan fingerprint density at radius 2 is 1.94 bits per heavy atom. The van der Waals surface area contributed by atoms with Crippen molar-refractivity contribution in [1.29, 1.82) is 0 Å². The molecule has 0 spiro atoms. The van der Waals surface area contributed by atoms with Crippen molar-refractivity contribution in [1.82, 2.24) is 5.32 Å². The quantitative estimate of drug-likeness (QED) is 0.784. The number of nitrogens with two attached hydrogens (primary N) is 1. The van der Waals surface area contributed by atoms with Gasteiger partial charge >= 0.3 is 0 Å². The van der Waals surface area contributed by atoms with E-state index in [0.29, 0.717) is 6.54 Å². The highest BCUT2D eigenvalue weighted by Crippen LogP contribution is 2.16. The zero-order valence-corrected chi connectivity index (χ0v) is 10.8. The summed E-state index contributed by atoms with van der Waals surface area (Å²) in [5.41, 5.74) is 1.07. The van der Waals surface area contributed by atoms with Crippen LogP contribution in [0.4, 0.5) is 0 Å². The molecular formula is C11H18N2O3S. The molecule has 0 heterocycles. The number of nitrogens with one attached hydrogen (secondary N) is 1. The number of sulfonamides is 1. The molecule has 0 radical (unpaired) electrons. The van der Waals surface area contributed by atoms with Gasteiger partial charge in [0, 0.05) is 12.6 Å². The van der Waals surface area contributed by atoms with Gasteiger partial charge in [-0.2, -0.15) is 0 Å². The normalized spacial score (nSPS) is 13.4. The fourth-order valence-corrected chi connectivity index (χ4v) is 1.83. The van der Waals surface area contributed by atoms with Crippen molar-refractivity contribution in [3.05, 3.63) is 29.8 Å². The highest BCUT2D eigenvalue weighted by molar-refractivity contribution is 7.89. The van der Waals surface area contributed by atoms with Crippen LogP contribution in [0.25, 0.3) is 0 Å². The Bertz CT molecular complexity index is 442. The first-order valence-corrected chi connectivity index (χ1v) is 7.02. The molecule has 96 valence electrons. The minimum absolute atomic E-state index is 0.0620. The lowest BCUT2D eigenvalue weighted by Gasteiger charge is -2.14. The second-order valence-corrected chi connectivity index (χ2v) is 5.55. The number of hydrogen-bond acceptors (Lipinski definition) is 4. The van der Waals surface area contributed by atoms with Crippen LogP contribution in [0.15, 0.2) is 24.3 Å². The summed E-state index contributed by atoms with van der Waals surface area (Å²) in [5.74, 6) is 0.735. The van der Waals surface area contributed by atoms with Crippen molar-refractivity contribution in [3.8, 4) is 5.75 Å². The zero-order chi connectivity index (χ0) is 12.9. The molecule has 0 saturated carbocycles. The SMILES string of the molecule is COc1ccc(C(C)NCCS(N)(=O)=O)cc1. The minimum atomic E-state index is -3.40. The largest absolute Gasteiger partial charge is 0.497 e. The zero-order valence-electron chi connectivity index (χ0n) is 10.0. The first-order chi connectivity index (χ1) is 7.92. The number of rotatable bonds is 6. The molecule has 6 heteroatoms. The number of ether oxygens (including phenoxy) is 1. The summed E-state index contributed by atoms with van der Waals surface area (Å²) in [6.07, 6.45) is 0. The van der Waals surface area contributed by atoms with Crippen molar-refractivity contribution in [3.63, 3.8) is 0 Å². The summed E-state index contributed by atoms with van der Waals surface area (Å²) in [4.78, 5) is 0. The van der Waals surface area contributed by atoms with Gasteiger partial charge in [-0.15, -0.1) is 0 Å². The topological polar surface area (TPSA) is 81.4 Å². The summed E-state index contributed by atoms with van der Waals surface area (Å²) in [6, 6.07) is 7.68. The van der Waals surface area contributed by atoms with E-state index in [1.54, 1.807) is 7.11 Å². The van der Waals surface area contributed by atoms with Crippen LogP contribution in [-0.2, 0) is 10.0 Å². The molecule has 1 aromatic rings. The maximum Gasteiger partial charge on any atom is 0.210 e. The van der Waals surface area contributed by atoms with Crippen LogP contribution in [0.1, 0.15) is 18.5 Å². The Kier molecular flexibility index (Phi) is 4.92. The molecule has 3 N–H and O–H groups in total. The predicted molar refractivity (Wildman–Crippen MR) is 67.4 cm³/mol. The smallest absolute Gasteiger partial charge is 0.210 e. The van der Waals surface area contributed by atoms with E-state index in [9.17, 15) is 8.42 Å². The van der Waals surface area contributed by atoms with Gasteiger partial charge < -0.3 is 10.1 Å². The van der Waals surface area contributed by atoms with E-state index < -0.39 is 10.0 Å². The molecule has 0 aliphatic rings. The lowest BCUT2D eigenvalue weighted by atomic mass is 10.1. The molecule has 1 aromatic carbocycles. The predicted octanol–water partition coefficient (Wildman–Crippen LogP) is 0.634. The first-order valence-electron chi connectivity index (χ1n) is 5.30. The molecule has 5 nitrogen and oxygen atoms in total. The molecule has 1 atom stereocenters. The number of methoxy groups -OCH3 is 1. The molecule has 0 aromatic heterocycles. The fraction of sp³-hybridized carbons (Fsp3) is 0.455. The van der Waals surface area contributed by atoms with Crippen molar-refractivity contribution in [2.75, 3.05) is 19.4 Å². The van der Waals surface area contributed by atoms with Crippen LogP contribution in [0.5, 0.6) is 5.75 Å². The molecular weight excluding hydrogens is 240 g/mol. The van der Waals surface area contributed by atoms with Crippen LogP contribution in [-0.4, -0.2) is 27.8 Å². The van der Waals surface area contributed by atoms with Gasteiger partial charge in [-0.1, -0.05) is 12.1 Å². The Morgan fingerprint density at radius 3 is 2.41 bits per heavy atom. The maximum atomic E-state index is 10.8. The summed E-state index contributed by atoms with van der Waals surface area (Å²) in [7, 11) is -1.78. The van der Waals surface area contributed by atoms with Gasteiger partial charge in [0.25, 0.3) is 0 Å². The van der Waals surface area contributed by atoms with E-state index in [-0.39, 0.29) is 11.8 Å². The lowest BCUT2D eigenvalue weighted by Crippen LogP contribution is -2.28. The van der Waals surface area contributed by atoms with Gasteiger partial charge in [0.2, 0.25) is 10.0 Å². The summed E-state index contributed by atoms with van der Waals surface area (Å²) < 4.78 is 26.6. The Morgan fingerprint density at radius 1 is 1.35 bits per heavy atom. The van der Waals surface area contributed by atoms with Crippen molar-refractivity contribution in [2.24, 2.45) is 5.14 Å². The molecule has 1 rings (SSSR count). The standard InChI is InChI=1S/C11H18N2O3S/c1-9(13-7-8-17(12,14)15)10-3-5-11(16-2)6-4-10/h3-6,9,13H,7-8H2,1-2H3,(H2,12,14,15). The fourth-order valence-electron chi connectivity index (χ4n) is 1.43. The van der Waals surface area contributed by atoms with Gasteiger partial charge in [0.05, 0.1) is 12.9 Å². The maximum absolute atomic E-state index is 10.8. The Labute approximate surface area is 102 Å². The third kappa shape index (κ3) is 5.16. The second kappa shape index (κ2) is 6.00. The average molecular weight is 258 g/mol. The highest BCUT2D eigenvalue weighted by atomic mass is 32.2. The Hall–Kier alpha value is -1.11. The molecule has 0 aliphatic carbocycles. The van der Waals surface area contributed by atoms with E-state index in [1.165, 1.54) is 0 Å². The average Bonchev–Trinajstić information content (AvgIpc) is 2.27. The van der Waals surface area contributed by atoms with Crippen molar-refractivity contribution >= 4 is 10.0 Å². The van der Waals surface area contributed by atoms with Crippen LogP contribution in [0.2, 0.25) is 0 Å². The third-order valence-electron chi connectivity index (χ3n) is 2.45. The van der Waals surface area contributed by atoms with Gasteiger partial charge in [0.15, 0.2) is 0 Å². The van der Waals surface area contributed by atoms with Gasteiger partial charge in [-0.25, -0.2) is 13.6 Å². The minimum Gasteiger partial charge on any atom is -0.497 e. The van der Waals surface area contributed by atoms with E-state index in [1.807, 2.05) is 31.2 Å². The van der Waals surface area contributed by atoms with Gasteiger partial charge in [-0.05, 0) is 24.6 Å². The monoisotopic (exact) mass is 258 g/mol. The summed E-state index contributed by atoms with van der Waals surface area (Å²) in [5, 5.41) is 8.01. The molecule has 0 fully saturated rings. The lowest BCUT2D eigenvalue weighted by molar-refractivity contribution is 0.414. The molecule has 0 amide bonds. The first kappa shape index (κ1) is 14.0. The number of hydrogen-bond donors (Lipinski definition) is 2.